The van der Waals surface area contributed by atoms with Gasteiger partial charge in [0.15, 0.2) is 0 Å². The Hall–Kier alpha value is -2.24. The van der Waals surface area contributed by atoms with Gasteiger partial charge in [0, 0.05) is 6.54 Å². The number of methoxy groups -OCH3 is 1. The van der Waals surface area contributed by atoms with Crippen molar-refractivity contribution >= 4 is 22.7 Å². The molecular formula is C15H18FN3O2. The number of anilines is 1. The molecule has 0 unspecified atom stereocenters. The number of hydrogen-bond acceptors (Lipinski definition) is 5. The molecule has 0 spiro atoms. The molecule has 0 aliphatic heterocycles. The van der Waals surface area contributed by atoms with Gasteiger partial charge < -0.3 is 9.64 Å². The Balaban J connectivity index is 2.50. The summed E-state index contributed by atoms with van der Waals surface area (Å²) in [6.07, 6.45) is 1.38. The van der Waals surface area contributed by atoms with E-state index >= 15 is 0 Å². The number of carbonyl (C=O) groups is 1. The summed E-state index contributed by atoms with van der Waals surface area (Å²) in [7, 11) is 1.33. The molecule has 0 fully saturated rings. The molecule has 0 bridgehead atoms. The maximum Gasteiger partial charge on any atom is 0.325 e. The largest absolute Gasteiger partial charge is 0.468 e. The summed E-state index contributed by atoms with van der Waals surface area (Å²) >= 11 is 0. The third kappa shape index (κ3) is 3.45. The van der Waals surface area contributed by atoms with Crippen LogP contribution in [0.1, 0.15) is 13.8 Å². The molecule has 0 saturated carbocycles. The van der Waals surface area contributed by atoms with Crippen molar-refractivity contribution in [2.75, 3.05) is 25.1 Å². The third-order valence-corrected chi connectivity index (χ3v) is 3.02. The first-order chi connectivity index (χ1) is 10.0. The van der Waals surface area contributed by atoms with Crippen LogP contribution in [-0.4, -0.2) is 36.1 Å². The Morgan fingerprint density at radius 3 is 2.81 bits per heavy atom. The summed E-state index contributed by atoms with van der Waals surface area (Å²) in [5, 5.41) is 0.324. The molecule has 1 aromatic heterocycles. The molecule has 1 aromatic carbocycles. The van der Waals surface area contributed by atoms with Gasteiger partial charge in [-0.15, -0.1) is 0 Å². The fourth-order valence-corrected chi connectivity index (χ4v) is 2.18. The lowest BCUT2D eigenvalue weighted by Crippen LogP contribution is -2.34. The van der Waals surface area contributed by atoms with Crippen molar-refractivity contribution in [3.05, 3.63) is 30.3 Å². The lowest BCUT2D eigenvalue weighted by atomic mass is 10.1. The molecule has 0 radical (unpaired) electrons. The van der Waals surface area contributed by atoms with Gasteiger partial charge in [-0.1, -0.05) is 19.9 Å². The fourth-order valence-electron chi connectivity index (χ4n) is 2.18. The maximum absolute atomic E-state index is 14.1. The summed E-state index contributed by atoms with van der Waals surface area (Å²) in [5.74, 6) is -0.0934. The molecule has 6 heteroatoms. The average Bonchev–Trinajstić information content (AvgIpc) is 2.45. The highest BCUT2D eigenvalue weighted by Gasteiger charge is 2.19. The highest BCUT2D eigenvalue weighted by molar-refractivity contribution is 5.91. The molecule has 0 atom stereocenters. The van der Waals surface area contributed by atoms with Crippen molar-refractivity contribution in [2.24, 2.45) is 5.92 Å². The van der Waals surface area contributed by atoms with Crippen molar-refractivity contribution in [2.45, 2.75) is 13.8 Å². The van der Waals surface area contributed by atoms with E-state index in [1.54, 1.807) is 17.0 Å². The van der Waals surface area contributed by atoms with Crippen LogP contribution in [0, 0.1) is 11.7 Å². The van der Waals surface area contributed by atoms with E-state index in [9.17, 15) is 9.18 Å². The number of nitrogens with zero attached hydrogens (tertiary/aromatic N) is 3. The molecule has 0 aliphatic carbocycles. The first-order valence-electron chi connectivity index (χ1n) is 6.74. The van der Waals surface area contributed by atoms with E-state index in [0.717, 1.165) is 0 Å². The Morgan fingerprint density at radius 2 is 2.14 bits per heavy atom. The molecule has 0 saturated heterocycles. The van der Waals surface area contributed by atoms with E-state index in [-0.39, 0.29) is 12.5 Å². The molecule has 0 aliphatic rings. The first kappa shape index (κ1) is 15.2. The number of ether oxygens (including phenoxy) is 1. The van der Waals surface area contributed by atoms with Gasteiger partial charge in [0.1, 0.15) is 24.5 Å². The fraction of sp³-hybridized carbons (Fsp3) is 0.400. The van der Waals surface area contributed by atoms with Crippen molar-refractivity contribution in [3.8, 4) is 0 Å². The van der Waals surface area contributed by atoms with Crippen LogP contribution in [0.2, 0.25) is 0 Å². The van der Waals surface area contributed by atoms with Gasteiger partial charge in [0.05, 0.1) is 18.0 Å². The second-order valence-electron chi connectivity index (χ2n) is 5.18. The molecule has 0 amide bonds. The Kier molecular flexibility index (Phi) is 4.67. The lowest BCUT2D eigenvalue weighted by Gasteiger charge is -2.25. The summed E-state index contributed by atoms with van der Waals surface area (Å²) in [6.45, 7) is 4.62. The lowest BCUT2D eigenvalue weighted by molar-refractivity contribution is -0.139. The van der Waals surface area contributed by atoms with E-state index in [1.165, 1.54) is 19.5 Å². The van der Waals surface area contributed by atoms with E-state index < -0.39 is 11.8 Å². The molecule has 1 heterocycles. The van der Waals surface area contributed by atoms with Gasteiger partial charge in [-0.25, -0.2) is 14.4 Å². The van der Waals surface area contributed by atoms with Crippen LogP contribution in [0.3, 0.4) is 0 Å². The SMILES string of the molecule is COC(=O)CN(CC(C)C)c1ncnc2cccc(F)c12. The highest BCUT2D eigenvalue weighted by atomic mass is 19.1. The smallest absolute Gasteiger partial charge is 0.325 e. The van der Waals surface area contributed by atoms with Gasteiger partial charge in [-0.05, 0) is 18.1 Å². The van der Waals surface area contributed by atoms with E-state index in [0.29, 0.717) is 23.3 Å². The topological polar surface area (TPSA) is 55.3 Å². The van der Waals surface area contributed by atoms with Gasteiger partial charge in [-0.2, -0.15) is 0 Å². The molecule has 0 N–H and O–H groups in total. The number of esters is 1. The number of halogens is 1. The van der Waals surface area contributed by atoms with Crippen LogP contribution in [0.4, 0.5) is 10.2 Å². The van der Waals surface area contributed by atoms with E-state index in [2.05, 4.69) is 9.97 Å². The molecule has 2 aromatic rings. The maximum atomic E-state index is 14.1. The molecule has 21 heavy (non-hydrogen) atoms. The van der Waals surface area contributed by atoms with E-state index in [1.807, 2.05) is 13.8 Å². The standard InChI is InChI=1S/C15H18FN3O2/c1-10(2)7-19(8-13(20)21-3)15-14-11(16)5-4-6-12(14)17-9-18-15/h4-6,9-10H,7-8H2,1-3H3. The Labute approximate surface area is 122 Å². The number of rotatable bonds is 5. The normalized spacial score (nSPS) is 10.9. The average molecular weight is 291 g/mol. The minimum absolute atomic E-state index is 0.0229. The summed E-state index contributed by atoms with van der Waals surface area (Å²) in [5.41, 5.74) is 0.513. The van der Waals surface area contributed by atoms with Gasteiger partial charge in [0.25, 0.3) is 0 Å². The molecule has 5 nitrogen and oxygen atoms in total. The minimum Gasteiger partial charge on any atom is -0.468 e. The number of hydrogen-bond donors (Lipinski definition) is 0. The second kappa shape index (κ2) is 6.47. The quantitative estimate of drug-likeness (QED) is 0.792. The molecular weight excluding hydrogens is 273 g/mol. The van der Waals surface area contributed by atoms with E-state index in [4.69, 9.17) is 4.74 Å². The molecule has 2 rings (SSSR count). The summed E-state index contributed by atoms with van der Waals surface area (Å²) in [4.78, 5) is 21.6. The third-order valence-electron chi connectivity index (χ3n) is 3.02. The van der Waals surface area contributed by atoms with Crippen molar-refractivity contribution < 1.29 is 13.9 Å². The monoisotopic (exact) mass is 291 g/mol. The predicted molar refractivity (Wildman–Crippen MR) is 78.6 cm³/mol. The van der Waals surface area contributed by atoms with Crippen molar-refractivity contribution in [1.29, 1.82) is 0 Å². The minimum atomic E-state index is -0.401. The van der Waals surface area contributed by atoms with Gasteiger partial charge >= 0.3 is 5.97 Å². The Morgan fingerprint density at radius 1 is 1.38 bits per heavy atom. The Bertz CT molecular complexity index is 641. The van der Waals surface area contributed by atoms with Crippen LogP contribution in [0.5, 0.6) is 0 Å². The van der Waals surface area contributed by atoms with Crippen molar-refractivity contribution in [1.82, 2.24) is 9.97 Å². The van der Waals surface area contributed by atoms with Crippen LogP contribution in [0.15, 0.2) is 24.5 Å². The number of fused-ring (bicyclic) bond motifs is 1. The zero-order chi connectivity index (χ0) is 15.4. The summed E-state index contributed by atoms with van der Waals surface area (Å²) < 4.78 is 18.8. The second-order valence-corrected chi connectivity index (χ2v) is 5.18. The van der Waals surface area contributed by atoms with Crippen LogP contribution >= 0.6 is 0 Å². The van der Waals surface area contributed by atoms with Crippen molar-refractivity contribution in [3.63, 3.8) is 0 Å². The predicted octanol–water partition coefficient (Wildman–Crippen LogP) is 2.40. The van der Waals surface area contributed by atoms with Crippen LogP contribution in [0.25, 0.3) is 10.9 Å². The number of carbonyl (C=O) groups excluding carboxylic acids is 1. The first-order valence-corrected chi connectivity index (χ1v) is 6.74. The zero-order valence-electron chi connectivity index (χ0n) is 12.3. The number of aromatic nitrogens is 2. The summed E-state index contributed by atoms with van der Waals surface area (Å²) in [6, 6.07) is 4.68. The molecule has 112 valence electrons. The van der Waals surface area contributed by atoms with Gasteiger partial charge in [-0.3, -0.25) is 4.79 Å². The highest BCUT2D eigenvalue weighted by Crippen LogP contribution is 2.26. The zero-order valence-corrected chi connectivity index (χ0v) is 12.3. The number of benzene rings is 1. The van der Waals surface area contributed by atoms with Gasteiger partial charge in [0.2, 0.25) is 0 Å². The van der Waals surface area contributed by atoms with Crippen LogP contribution < -0.4 is 4.90 Å². The van der Waals surface area contributed by atoms with Crippen LogP contribution in [-0.2, 0) is 9.53 Å².